The Bertz CT molecular complexity index is 467. The number of ether oxygens (including phenoxy) is 1. The Morgan fingerprint density at radius 3 is 2.67 bits per heavy atom. The molecule has 2 rings (SSSR count). The van der Waals surface area contributed by atoms with Gasteiger partial charge in [-0.2, -0.15) is 0 Å². The molecule has 1 aromatic carbocycles. The summed E-state index contributed by atoms with van der Waals surface area (Å²) < 4.78 is 5.48. The number of hydrogen-bond acceptors (Lipinski definition) is 4. The van der Waals surface area contributed by atoms with Crippen LogP contribution in [0.4, 0.5) is 0 Å². The molecule has 0 saturated carbocycles. The summed E-state index contributed by atoms with van der Waals surface area (Å²) in [6.45, 7) is 6.93. The highest BCUT2D eigenvalue weighted by atomic mass is 16.6. The minimum Gasteiger partial charge on any atom is -0.459 e. The minimum absolute atomic E-state index is 0.180. The first kappa shape index (κ1) is 16.0. The number of carbonyl (C=O) groups excluding carboxylic acids is 1. The molecule has 4 heteroatoms. The third-order valence-corrected chi connectivity index (χ3v) is 3.63. The van der Waals surface area contributed by atoms with Crippen molar-refractivity contribution in [3.8, 4) is 0 Å². The second kappa shape index (κ2) is 6.58. The first-order chi connectivity index (χ1) is 9.87. The highest BCUT2D eigenvalue weighted by Crippen LogP contribution is 2.24. The molecule has 116 valence electrons. The van der Waals surface area contributed by atoms with Crippen LogP contribution in [0.15, 0.2) is 30.3 Å². The minimum atomic E-state index is -0.575. The van der Waals surface area contributed by atoms with Gasteiger partial charge in [0.1, 0.15) is 11.6 Å². The van der Waals surface area contributed by atoms with Gasteiger partial charge in [0, 0.05) is 6.54 Å². The fourth-order valence-corrected chi connectivity index (χ4v) is 2.68. The average molecular weight is 291 g/mol. The maximum Gasteiger partial charge on any atom is 0.323 e. The monoisotopic (exact) mass is 291 g/mol. The van der Waals surface area contributed by atoms with E-state index in [1.165, 1.54) is 0 Å². The van der Waals surface area contributed by atoms with Gasteiger partial charge in [-0.05, 0) is 45.7 Å². The van der Waals surface area contributed by atoms with E-state index in [1.807, 2.05) is 56.0 Å². The molecule has 1 aliphatic heterocycles. The predicted octanol–water partition coefficient (Wildman–Crippen LogP) is 2.53. The van der Waals surface area contributed by atoms with Crippen LogP contribution in [0.25, 0.3) is 0 Å². The van der Waals surface area contributed by atoms with Gasteiger partial charge in [0.25, 0.3) is 0 Å². The molecule has 1 unspecified atom stereocenters. The number of hydrogen-bond donors (Lipinski definition) is 1. The standard InChI is InChI=1S/C17H25NO3/c1-17(2,3)21-16(20)14-10-7-11-18(14)12-15(19)13-8-5-4-6-9-13/h4-6,8-9,14-15,19H,7,10-12H2,1-3H3/t14-,15?/m1/s1. The van der Waals surface area contributed by atoms with E-state index in [0.29, 0.717) is 6.54 Å². The number of esters is 1. The molecule has 4 nitrogen and oxygen atoms in total. The van der Waals surface area contributed by atoms with E-state index >= 15 is 0 Å². The molecular formula is C17H25NO3. The van der Waals surface area contributed by atoms with Crippen molar-refractivity contribution in [1.82, 2.24) is 4.90 Å². The van der Waals surface area contributed by atoms with Crippen LogP contribution in [0.5, 0.6) is 0 Å². The van der Waals surface area contributed by atoms with Gasteiger partial charge in [-0.25, -0.2) is 0 Å². The van der Waals surface area contributed by atoms with Crippen molar-refractivity contribution < 1.29 is 14.6 Å². The third kappa shape index (κ3) is 4.55. The summed E-state index contributed by atoms with van der Waals surface area (Å²) in [5, 5.41) is 10.3. The van der Waals surface area contributed by atoms with Gasteiger partial charge in [0.15, 0.2) is 0 Å². The van der Waals surface area contributed by atoms with Gasteiger partial charge in [-0.1, -0.05) is 30.3 Å². The smallest absolute Gasteiger partial charge is 0.323 e. The topological polar surface area (TPSA) is 49.8 Å². The summed E-state index contributed by atoms with van der Waals surface area (Å²) in [6, 6.07) is 9.33. The van der Waals surface area contributed by atoms with Gasteiger partial charge < -0.3 is 9.84 Å². The van der Waals surface area contributed by atoms with Crippen molar-refractivity contribution in [3.63, 3.8) is 0 Å². The summed E-state index contributed by atoms with van der Waals surface area (Å²) in [7, 11) is 0. The lowest BCUT2D eigenvalue weighted by atomic mass is 10.1. The molecule has 1 aromatic rings. The maximum absolute atomic E-state index is 12.2. The number of likely N-dealkylation sites (tertiary alicyclic amines) is 1. The normalized spacial score (nSPS) is 21.2. The highest BCUT2D eigenvalue weighted by Gasteiger charge is 2.34. The summed E-state index contributed by atoms with van der Waals surface area (Å²) >= 11 is 0. The molecule has 2 atom stereocenters. The van der Waals surface area contributed by atoms with Crippen molar-refractivity contribution in [2.75, 3.05) is 13.1 Å². The van der Waals surface area contributed by atoms with Crippen molar-refractivity contribution in [2.45, 2.75) is 51.4 Å². The number of aliphatic hydroxyl groups excluding tert-OH is 1. The van der Waals surface area contributed by atoms with E-state index in [-0.39, 0.29) is 12.0 Å². The molecule has 0 radical (unpaired) electrons. The number of nitrogens with zero attached hydrogens (tertiary/aromatic N) is 1. The zero-order valence-corrected chi connectivity index (χ0v) is 13.1. The maximum atomic E-state index is 12.2. The van der Waals surface area contributed by atoms with E-state index in [9.17, 15) is 9.90 Å². The lowest BCUT2D eigenvalue weighted by Gasteiger charge is -2.28. The Labute approximate surface area is 126 Å². The molecule has 1 aliphatic rings. The average Bonchev–Trinajstić information content (AvgIpc) is 2.86. The van der Waals surface area contributed by atoms with E-state index in [1.54, 1.807) is 0 Å². The number of benzene rings is 1. The van der Waals surface area contributed by atoms with E-state index < -0.39 is 11.7 Å². The highest BCUT2D eigenvalue weighted by molar-refractivity contribution is 5.76. The zero-order valence-electron chi connectivity index (χ0n) is 13.1. The van der Waals surface area contributed by atoms with Crippen molar-refractivity contribution in [3.05, 3.63) is 35.9 Å². The van der Waals surface area contributed by atoms with Crippen molar-refractivity contribution in [2.24, 2.45) is 0 Å². The Morgan fingerprint density at radius 1 is 1.38 bits per heavy atom. The van der Waals surface area contributed by atoms with Crippen LogP contribution >= 0.6 is 0 Å². The molecule has 21 heavy (non-hydrogen) atoms. The number of rotatable bonds is 4. The van der Waals surface area contributed by atoms with Crippen LogP contribution < -0.4 is 0 Å². The molecule has 0 spiro atoms. The van der Waals surface area contributed by atoms with Crippen LogP contribution in [-0.4, -0.2) is 40.7 Å². The molecule has 1 heterocycles. The van der Waals surface area contributed by atoms with Crippen LogP contribution in [0, 0.1) is 0 Å². The number of carbonyl (C=O) groups is 1. The number of β-amino-alcohol motifs (C(OH)–C–C–N with tert-alkyl or cyclic N) is 1. The Balaban J connectivity index is 1.97. The largest absolute Gasteiger partial charge is 0.459 e. The summed E-state index contributed by atoms with van der Waals surface area (Å²) in [6.07, 6.45) is 1.19. The number of aliphatic hydroxyl groups is 1. The zero-order chi connectivity index (χ0) is 15.5. The van der Waals surface area contributed by atoms with Crippen molar-refractivity contribution in [1.29, 1.82) is 0 Å². The summed E-state index contributed by atoms with van der Waals surface area (Å²) in [4.78, 5) is 14.3. The van der Waals surface area contributed by atoms with E-state index in [4.69, 9.17) is 4.74 Å². The molecule has 1 N–H and O–H groups in total. The molecule has 0 aliphatic carbocycles. The lowest BCUT2D eigenvalue weighted by Crippen LogP contribution is -2.42. The first-order valence-electron chi connectivity index (χ1n) is 7.57. The predicted molar refractivity (Wildman–Crippen MR) is 81.8 cm³/mol. The van der Waals surface area contributed by atoms with Crippen LogP contribution in [0.1, 0.15) is 45.3 Å². The fraction of sp³-hybridized carbons (Fsp3) is 0.588. The Hall–Kier alpha value is -1.39. The molecule has 1 fully saturated rings. The molecule has 0 bridgehead atoms. The Morgan fingerprint density at radius 2 is 2.05 bits per heavy atom. The van der Waals surface area contributed by atoms with Crippen LogP contribution in [0.2, 0.25) is 0 Å². The molecule has 0 amide bonds. The molecule has 1 saturated heterocycles. The SMILES string of the molecule is CC(C)(C)OC(=O)[C@H]1CCCN1CC(O)c1ccccc1. The van der Waals surface area contributed by atoms with Gasteiger partial charge in [-0.15, -0.1) is 0 Å². The second-order valence-corrected chi connectivity index (χ2v) is 6.61. The van der Waals surface area contributed by atoms with Gasteiger partial charge in [-0.3, -0.25) is 9.69 Å². The second-order valence-electron chi connectivity index (χ2n) is 6.61. The summed E-state index contributed by atoms with van der Waals surface area (Å²) in [5.74, 6) is -0.180. The van der Waals surface area contributed by atoms with Gasteiger partial charge in [0.2, 0.25) is 0 Å². The van der Waals surface area contributed by atoms with Crippen LogP contribution in [0.3, 0.4) is 0 Å². The van der Waals surface area contributed by atoms with Gasteiger partial charge in [0.05, 0.1) is 6.10 Å². The van der Waals surface area contributed by atoms with Crippen molar-refractivity contribution >= 4 is 5.97 Å². The summed E-state index contributed by atoms with van der Waals surface area (Å²) in [5.41, 5.74) is 0.413. The van der Waals surface area contributed by atoms with E-state index in [2.05, 4.69) is 0 Å². The molecular weight excluding hydrogens is 266 g/mol. The molecule has 0 aromatic heterocycles. The quantitative estimate of drug-likeness (QED) is 0.866. The van der Waals surface area contributed by atoms with Gasteiger partial charge >= 0.3 is 5.97 Å². The lowest BCUT2D eigenvalue weighted by molar-refractivity contribution is -0.160. The van der Waals surface area contributed by atoms with E-state index in [0.717, 1.165) is 24.9 Å². The fourth-order valence-electron chi connectivity index (χ4n) is 2.68. The van der Waals surface area contributed by atoms with Crippen LogP contribution in [-0.2, 0) is 9.53 Å². The third-order valence-electron chi connectivity index (χ3n) is 3.63. The Kier molecular flexibility index (Phi) is 5.01. The first-order valence-corrected chi connectivity index (χ1v) is 7.57.